The van der Waals surface area contributed by atoms with E-state index in [9.17, 15) is 4.79 Å². The molecule has 0 bridgehead atoms. The standard InChI is InChI=1S/C12H10ClN3O/c1-7(17)11-12(14)15-6-10(16-11)8-2-4-9(13)5-3-8/h2-6H,1H3,(H2,14,15). The number of carbonyl (C=O) groups excluding carboxylic acids is 1. The maximum atomic E-state index is 11.3. The average Bonchev–Trinajstić information content (AvgIpc) is 2.30. The summed E-state index contributed by atoms with van der Waals surface area (Å²) in [4.78, 5) is 19.5. The third-order valence-corrected chi connectivity index (χ3v) is 2.53. The lowest BCUT2D eigenvalue weighted by molar-refractivity contribution is 0.101. The first kappa shape index (κ1) is 11.5. The molecule has 0 radical (unpaired) electrons. The summed E-state index contributed by atoms with van der Waals surface area (Å²) >= 11 is 5.80. The topological polar surface area (TPSA) is 68.9 Å². The Hall–Kier alpha value is -1.94. The lowest BCUT2D eigenvalue weighted by Gasteiger charge is -2.04. The molecule has 17 heavy (non-hydrogen) atoms. The van der Waals surface area contributed by atoms with E-state index in [0.29, 0.717) is 10.7 Å². The van der Waals surface area contributed by atoms with Crippen LogP contribution in [0.5, 0.6) is 0 Å². The van der Waals surface area contributed by atoms with E-state index >= 15 is 0 Å². The summed E-state index contributed by atoms with van der Waals surface area (Å²) in [6.45, 7) is 1.41. The van der Waals surface area contributed by atoms with Crippen molar-refractivity contribution in [3.8, 4) is 11.3 Å². The summed E-state index contributed by atoms with van der Waals surface area (Å²) in [5.74, 6) is -0.0546. The van der Waals surface area contributed by atoms with Crippen molar-refractivity contribution in [1.29, 1.82) is 0 Å². The number of benzene rings is 1. The molecule has 5 heteroatoms. The first-order valence-electron chi connectivity index (χ1n) is 4.97. The molecule has 0 aliphatic carbocycles. The Kier molecular flexibility index (Phi) is 3.06. The fraction of sp³-hybridized carbons (Fsp3) is 0.0833. The minimum absolute atomic E-state index is 0.148. The zero-order chi connectivity index (χ0) is 12.4. The van der Waals surface area contributed by atoms with Gasteiger partial charge in [0.25, 0.3) is 0 Å². The molecule has 0 aliphatic heterocycles. The fourth-order valence-electron chi connectivity index (χ4n) is 1.42. The third kappa shape index (κ3) is 2.42. The number of aromatic nitrogens is 2. The highest BCUT2D eigenvalue weighted by molar-refractivity contribution is 6.30. The Morgan fingerprint density at radius 3 is 2.53 bits per heavy atom. The van der Waals surface area contributed by atoms with Gasteiger partial charge >= 0.3 is 0 Å². The molecule has 2 rings (SSSR count). The summed E-state index contributed by atoms with van der Waals surface area (Å²) in [6.07, 6.45) is 1.53. The molecular weight excluding hydrogens is 238 g/mol. The SMILES string of the molecule is CC(=O)c1nc(-c2ccc(Cl)cc2)cnc1N. The Morgan fingerprint density at radius 1 is 1.29 bits per heavy atom. The van der Waals surface area contributed by atoms with Gasteiger partial charge in [-0.1, -0.05) is 23.7 Å². The van der Waals surface area contributed by atoms with Crippen LogP contribution < -0.4 is 5.73 Å². The maximum absolute atomic E-state index is 11.3. The van der Waals surface area contributed by atoms with Gasteiger partial charge in [-0.25, -0.2) is 9.97 Å². The number of nitrogens with zero attached hydrogens (tertiary/aromatic N) is 2. The number of hydrogen-bond donors (Lipinski definition) is 1. The normalized spacial score (nSPS) is 10.2. The molecule has 0 amide bonds. The van der Waals surface area contributed by atoms with Crippen LogP contribution in [-0.4, -0.2) is 15.8 Å². The maximum Gasteiger partial charge on any atom is 0.181 e. The van der Waals surface area contributed by atoms with Crippen LogP contribution in [0.3, 0.4) is 0 Å². The molecule has 4 nitrogen and oxygen atoms in total. The second-order valence-corrected chi connectivity index (χ2v) is 3.99. The van der Waals surface area contributed by atoms with Crippen LogP contribution in [0, 0.1) is 0 Å². The van der Waals surface area contributed by atoms with Gasteiger partial charge in [0, 0.05) is 17.5 Å². The van der Waals surface area contributed by atoms with Crippen LogP contribution in [0.25, 0.3) is 11.3 Å². The number of nitrogens with two attached hydrogens (primary N) is 1. The molecule has 1 heterocycles. The van der Waals surface area contributed by atoms with Crippen LogP contribution in [-0.2, 0) is 0 Å². The van der Waals surface area contributed by atoms with Crippen LogP contribution in [0.4, 0.5) is 5.82 Å². The molecule has 2 N–H and O–H groups in total. The van der Waals surface area contributed by atoms with Crippen LogP contribution >= 0.6 is 11.6 Å². The molecule has 1 aromatic heterocycles. The number of Topliss-reactive ketones (excluding diaryl/α,β-unsaturated/α-hetero) is 1. The minimum atomic E-state index is -0.203. The van der Waals surface area contributed by atoms with E-state index in [2.05, 4.69) is 9.97 Å². The van der Waals surface area contributed by atoms with Crippen LogP contribution in [0.2, 0.25) is 5.02 Å². The predicted octanol–water partition coefficient (Wildman–Crippen LogP) is 2.58. The zero-order valence-electron chi connectivity index (χ0n) is 9.14. The number of hydrogen-bond acceptors (Lipinski definition) is 4. The van der Waals surface area contributed by atoms with E-state index in [0.717, 1.165) is 5.56 Å². The van der Waals surface area contributed by atoms with Crippen molar-refractivity contribution >= 4 is 23.2 Å². The van der Waals surface area contributed by atoms with Gasteiger partial charge < -0.3 is 5.73 Å². The van der Waals surface area contributed by atoms with Gasteiger partial charge in [-0.2, -0.15) is 0 Å². The van der Waals surface area contributed by atoms with Crippen molar-refractivity contribution in [2.75, 3.05) is 5.73 Å². The Bertz CT molecular complexity index is 566. The zero-order valence-corrected chi connectivity index (χ0v) is 9.90. The first-order valence-corrected chi connectivity index (χ1v) is 5.35. The summed E-state index contributed by atoms with van der Waals surface area (Å²) < 4.78 is 0. The van der Waals surface area contributed by atoms with E-state index in [4.69, 9.17) is 17.3 Å². The molecule has 0 spiro atoms. The van der Waals surface area contributed by atoms with E-state index in [1.54, 1.807) is 12.1 Å². The third-order valence-electron chi connectivity index (χ3n) is 2.27. The van der Waals surface area contributed by atoms with E-state index in [1.807, 2.05) is 12.1 Å². The highest BCUT2D eigenvalue weighted by Crippen LogP contribution is 2.20. The minimum Gasteiger partial charge on any atom is -0.382 e. The molecule has 0 saturated heterocycles. The molecule has 0 atom stereocenters. The second kappa shape index (κ2) is 4.51. The van der Waals surface area contributed by atoms with Crippen molar-refractivity contribution in [3.63, 3.8) is 0 Å². The molecule has 0 aliphatic rings. The van der Waals surface area contributed by atoms with Gasteiger partial charge in [0.05, 0.1) is 11.9 Å². The average molecular weight is 248 g/mol. The lowest BCUT2D eigenvalue weighted by Crippen LogP contribution is -2.06. The van der Waals surface area contributed by atoms with Crippen LogP contribution in [0.1, 0.15) is 17.4 Å². The van der Waals surface area contributed by atoms with Gasteiger partial charge in [0.1, 0.15) is 5.69 Å². The number of halogens is 1. The van der Waals surface area contributed by atoms with Crippen LogP contribution in [0.15, 0.2) is 30.5 Å². The lowest BCUT2D eigenvalue weighted by atomic mass is 10.1. The first-order chi connectivity index (χ1) is 8.08. The van der Waals surface area contributed by atoms with Gasteiger partial charge in [0.15, 0.2) is 11.6 Å². The van der Waals surface area contributed by atoms with Gasteiger partial charge in [-0.05, 0) is 12.1 Å². The molecule has 0 unspecified atom stereocenters. The van der Waals surface area contributed by atoms with E-state index in [1.165, 1.54) is 13.1 Å². The molecule has 1 aromatic carbocycles. The number of nitrogen functional groups attached to an aromatic ring is 1. The molecule has 2 aromatic rings. The number of anilines is 1. The monoisotopic (exact) mass is 247 g/mol. The van der Waals surface area contributed by atoms with E-state index in [-0.39, 0.29) is 17.3 Å². The smallest absolute Gasteiger partial charge is 0.181 e. The largest absolute Gasteiger partial charge is 0.382 e. The highest BCUT2D eigenvalue weighted by Gasteiger charge is 2.10. The Balaban J connectivity index is 2.50. The molecule has 0 saturated carbocycles. The summed E-state index contributed by atoms with van der Waals surface area (Å²) in [5, 5.41) is 0.643. The van der Waals surface area contributed by atoms with Crippen molar-refractivity contribution in [2.24, 2.45) is 0 Å². The quantitative estimate of drug-likeness (QED) is 0.828. The van der Waals surface area contributed by atoms with Gasteiger partial charge in [-0.3, -0.25) is 4.79 Å². The van der Waals surface area contributed by atoms with Crippen molar-refractivity contribution in [3.05, 3.63) is 41.2 Å². The number of carbonyl (C=O) groups is 1. The molecular formula is C12H10ClN3O. The molecule has 0 fully saturated rings. The van der Waals surface area contributed by atoms with Crippen molar-refractivity contribution in [2.45, 2.75) is 6.92 Å². The van der Waals surface area contributed by atoms with Crippen molar-refractivity contribution < 1.29 is 4.79 Å². The number of rotatable bonds is 2. The Labute approximate surface area is 103 Å². The Morgan fingerprint density at radius 2 is 1.94 bits per heavy atom. The van der Waals surface area contributed by atoms with Gasteiger partial charge in [-0.15, -0.1) is 0 Å². The number of ketones is 1. The summed E-state index contributed by atoms with van der Waals surface area (Å²) in [6, 6.07) is 7.13. The second-order valence-electron chi connectivity index (χ2n) is 3.55. The van der Waals surface area contributed by atoms with E-state index < -0.39 is 0 Å². The summed E-state index contributed by atoms with van der Waals surface area (Å²) in [7, 11) is 0. The van der Waals surface area contributed by atoms with Crippen molar-refractivity contribution in [1.82, 2.24) is 9.97 Å². The molecule has 86 valence electrons. The summed E-state index contributed by atoms with van der Waals surface area (Å²) in [5.41, 5.74) is 7.20. The highest BCUT2D eigenvalue weighted by atomic mass is 35.5. The predicted molar refractivity (Wildman–Crippen MR) is 66.9 cm³/mol. The fourth-order valence-corrected chi connectivity index (χ4v) is 1.54. The van der Waals surface area contributed by atoms with Gasteiger partial charge in [0.2, 0.25) is 0 Å².